The minimum absolute atomic E-state index is 0.160. The number of hydrogen-bond acceptors (Lipinski definition) is 2. The smallest absolute Gasteiger partial charge is 0.341 e. The highest BCUT2D eigenvalue weighted by Crippen LogP contribution is 2.04. The van der Waals surface area contributed by atoms with Crippen LogP contribution in [0.1, 0.15) is 41.7 Å². The molecular weight excluding hydrogens is 230 g/mol. The highest BCUT2D eigenvalue weighted by molar-refractivity contribution is 5.87. The lowest BCUT2D eigenvalue weighted by atomic mass is 10.2. The number of aryl methyl sites for hydroxylation is 1. The molecule has 0 saturated heterocycles. The summed E-state index contributed by atoms with van der Waals surface area (Å²) < 4.78 is 1.54. The van der Waals surface area contributed by atoms with E-state index in [1.165, 1.54) is 10.6 Å². The largest absolute Gasteiger partial charge is 0.477 e. The third-order valence-corrected chi connectivity index (χ3v) is 2.91. The monoisotopic (exact) mass is 249 g/mol. The summed E-state index contributed by atoms with van der Waals surface area (Å²) in [6.07, 6.45) is 5.79. The molecule has 98 valence electrons. The molecule has 0 amide bonds. The van der Waals surface area contributed by atoms with E-state index in [-0.39, 0.29) is 5.56 Å². The van der Waals surface area contributed by atoms with Crippen molar-refractivity contribution < 1.29 is 9.90 Å². The Labute approximate surface area is 107 Å². The van der Waals surface area contributed by atoms with E-state index in [1.54, 1.807) is 6.07 Å². The Balaban J connectivity index is 2.75. The number of rotatable bonds is 7. The summed E-state index contributed by atoms with van der Waals surface area (Å²) in [6.45, 7) is 6.04. The van der Waals surface area contributed by atoms with Gasteiger partial charge in [0, 0.05) is 12.2 Å². The molecule has 0 aliphatic carbocycles. The highest BCUT2D eigenvalue weighted by atomic mass is 16.4. The van der Waals surface area contributed by atoms with Gasteiger partial charge in [-0.25, -0.2) is 4.79 Å². The average molecular weight is 249 g/mol. The Bertz CT molecular complexity index is 488. The van der Waals surface area contributed by atoms with Gasteiger partial charge in [-0.05, 0) is 38.3 Å². The maximum atomic E-state index is 11.9. The van der Waals surface area contributed by atoms with Crippen LogP contribution in [0, 0.1) is 6.92 Å². The first-order valence-corrected chi connectivity index (χ1v) is 6.12. The first-order chi connectivity index (χ1) is 8.57. The fourth-order valence-electron chi connectivity index (χ4n) is 1.85. The molecule has 0 aliphatic heterocycles. The fraction of sp³-hybridized carbons (Fsp3) is 0.429. The van der Waals surface area contributed by atoms with Crippen LogP contribution >= 0.6 is 0 Å². The number of aromatic carboxylic acids is 1. The van der Waals surface area contributed by atoms with E-state index < -0.39 is 11.5 Å². The molecule has 0 fully saturated rings. The van der Waals surface area contributed by atoms with Gasteiger partial charge in [-0.3, -0.25) is 4.79 Å². The Morgan fingerprint density at radius 3 is 2.72 bits per heavy atom. The quantitative estimate of drug-likeness (QED) is 0.597. The van der Waals surface area contributed by atoms with E-state index in [0.717, 1.165) is 31.4 Å². The predicted molar refractivity (Wildman–Crippen MR) is 71.1 cm³/mol. The lowest BCUT2D eigenvalue weighted by molar-refractivity contribution is 0.0694. The van der Waals surface area contributed by atoms with Gasteiger partial charge in [0.1, 0.15) is 5.56 Å². The Morgan fingerprint density at radius 1 is 1.39 bits per heavy atom. The number of pyridine rings is 1. The number of hydrogen-bond donors (Lipinski definition) is 1. The van der Waals surface area contributed by atoms with Crippen molar-refractivity contribution in [3.8, 4) is 0 Å². The second-order valence-corrected chi connectivity index (χ2v) is 4.29. The van der Waals surface area contributed by atoms with Crippen molar-refractivity contribution in [3.63, 3.8) is 0 Å². The van der Waals surface area contributed by atoms with Gasteiger partial charge in [0.15, 0.2) is 0 Å². The molecule has 1 N–H and O–H groups in total. The van der Waals surface area contributed by atoms with Crippen LogP contribution in [0.15, 0.2) is 29.6 Å². The van der Waals surface area contributed by atoms with Gasteiger partial charge in [-0.15, -0.1) is 6.58 Å². The van der Waals surface area contributed by atoms with E-state index in [9.17, 15) is 9.59 Å². The molecule has 0 unspecified atom stereocenters. The summed E-state index contributed by atoms with van der Waals surface area (Å²) in [6, 6.07) is 3.04. The van der Waals surface area contributed by atoms with Gasteiger partial charge in [0.05, 0.1) is 0 Å². The van der Waals surface area contributed by atoms with E-state index in [4.69, 9.17) is 5.11 Å². The van der Waals surface area contributed by atoms with Crippen molar-refractivity contribution in [2.24, 2.45) is 0 Å². The average Bonchev–Trinajstić information content (AvgIpc) is 2.32. The SMILES string of the molecule is C=CCCCCCn1c(C)ccc(C(=O)O)c1=O. The number of allylic oxidation sites excluding steroid dienone is 1. The Hall–Kier alpha value is -1.84. The van der Waals surface area contributed by atoms with Crippen molar-refractivity contribution in [1.29, 1.82) is 0 Å². The van der Waals surface area contributed by atoms with Crippen molar-refractivity contribution >= 4 is 5.97 Å². The zero-order chi connectivity index (χ0) is 13.5. The van der Waals surface area contributed by atoms with Crippen molar-refractivity contribution in [3.05, 3.63) is 46.4 Å². The second-order valence-electron chi connectivity index (χ2n) is 4.29. The van der Waals surface area contributed by atoms with E-state index in [0.29, 0.717) is 6.54 Å². The number of nitrogens with zero attached hydrogens (tertiary/aromatic N) is 1. The maximum Gasteiger partial charge on any atom is 0.341 e. The summed E-state index contributed by atoms with van der Waals surface area (Å²) in [7, 11) is 0. The molecule has 0 atom stereocenters. The number of carboxylic acids is 1. The third kappa shape index (κ3) is 3.58. The normalized spacial score (nSPS) is 10.3. The minimum atomic E-state index is -1.17. The van der Waals surface area contributed by atoms with E-state index in [2.05, 4.69) is 6.58 Å². The maximum absolute atomic E-state index is 11.9. The molecule has 0 aliphatic rings. The number of carbonyl (C=O) groups is 1. The van der Waals surface area contributed by atoms with Crippen LogP contribution in [0.2, 0.25) is 0 Å². The Kier molecular flexibility index (Phi) is 5.36. The summed E-state index contributed by atoms with van der Waals surface area (Å²) >= 11 is 0. The molecule has 0 aromatic carbocycles. The molecule has 0 saturated carbocycles. The molecule has 1 heterocycles. The molecule has 1 aromatic heterocycles. The van der Waals surface area contributed by atoms with E-state index in [1.807, 2.05) is 13.0 Å². The van der Waals surface area contributed by atoms with Crippen LogP contribution in [0.3, 0.4) is 0 Å². The molecule has 4 heteroatoms. The topological polar surface area (TPSA) is 59.3 Å². The standard InChI is InChI=1S/C14H19NO3/c1-3-4-5-6-7-10-15-11(2)8-9-12(13(15)16)14(17)18/h3,8-9H,1,4-7,10H2,2H3,(H,17,18). The minimum Gasteiger partial charge on any atom is -0.477 e. The summed E-state index contributed by atoms with van der Waals surface area (Å²) in [5, 5.41) is 8.90. The van der Waals surface area contributed by atoms with Crippen LogP contribution < -0.4 is 5.56 Å². The van der Waals surface area contributed by atoms with Crippen molar-refractivity contribution in [2.45, 2.75) is 39.2 Å². The van der Waals surface area contributed by atoms with Crippen molar-refractivity contribution in [2.75, 3.05) is 0 Å². The highest BCUT2D eigenvalue weighted by Gasteiger charge is 2.11. The zero-order valence-electron chi connectivity index (χ0n) is 10.7. The van der Waals surface area contributed by atoms with Crippen molar-refractivity contribution in [1.82, 2.24) is 4.57 Å². The third-order valence-electron chi connectivity index (χ3n) is 2.91. The van der Waals surface area contributed by atoms with Crippen LogP contribution in [-0.4, -0.2) is 15.6 Å². The first kappa shape index (κ1) is 14.2. The molecule has 18 heavy (non-hydrogen) atoms. The summed E-state index contributed by atoms with van der Waals surface area (Å²) in [5.41, 5.74) is 0.228. The number of carboxylic acid groups (broad SMARTS) is 1. The van der Waals surface area contributed by atoms with Gasteiger partial charge in [0.25, 0.3) is 5.56 Å². The molecule has 0 bridgehead atoms. The number of unbranched alkanes of at least 4 members (excludes halogenated alkanes) is 3. The molecular formula is C14H19NO3. The predicted octanol–water partition coefficient (Wildman–Crippen LogP) is 2.60. The lowest BCUT2D eigenvalue weighted by Crippen LogP contribution is -2.27. The molecule has 0 spiro atoms. The second kappa shape index (κ2) is 6.79. The molecule has 0 radical (unpaired) electrons. The molecule has 1 aromatic rings. The van der Waals surface area contributed by atoms with Crippen LogP contribution in [0.25, 0.3) is 0 Å². The van der Waals surface area contributed by atoms with Gasteiger partial charge in [-0.2, -0.15) is 0 Å². The fourth-order valence-corrected chi connectivity index (χ4v) is 1.85. The summed E-state index contributed by atoms with van der Waals surface area (Å²) in [4.78, 5) is 22.8. The van der Waals surface area contributed by atoms with E-state index >= 15 is 0 Å². The van der Waals surface area contributed by atoms with Gasteiger partial charge >= 0.3 is 5.97 Å². The van der Waals surface area contributed by atoms with Crippen LogP contribution in [0.5, 0.6) is 0 Å². The van der Waals surface area contributed by atoms with Crippen LogP contribution in [0.4, 0.5) is 0 Å². The van der Waals surface area contributed by atoms with Gasteiger partial charge < -0.3 is 9.67 Å². The Morgan fingerprint density at radius 2 is 2.11 bits per heavy atom. The summed E-state index contributed by atoms with van der Waals surface area (Å²) in [5.74, 6) is -1.17. The molecule has 4 nitrogen and oxygen atoms in total. The van der Waals surface area contributed by atoms with Gasteiger partial charge in [-0.1, -0.05) is 12.5 Å². The van der Waals surface area contributed by atoms with Gasteiger partial charge in [0.2, 0.25) is 0 Å². The lowest BCUT2D eigenvalue weighted by Gasteiger charge is -2.10. The number of aromatic nitrogens is 1. The zero-order valence-corrected chi connectivity index (χ0v) is 10.7. The van der Waals surface area contributed by atoms with Crippen LogP contribution in [-0.2, 0) is 6.54 Å². The molecule has 1 rings (SSSR count). The first-order valence-electron chi connectivity index (χ1n) is 6.12.